The Balaban J connectivity index is 1.43. The molecule has 0 fully saturated rings. The number of nitrogens with zero attached hydrogens (tertiary/aromatic N) is 1. The molecule has 0 saturated carbocycles. The van der Waals surface area contributed by atoms with Crippen molar-refractivity contribution in [1.29, 1.82) is 0 Å². The van der Waals surface area contributed by atoms with Gasteiger partial charge in [0, 0.05) is 12.1 Å². The molecule has 3 aromatic carbocycles. The number of para-hydroxylation sites is 2. The molecule has 35 heavy (non-hydrogen) atoms. The second-order valence-electron chi connectivity index (χ2n) is 8.56. The first kappa shape index (κ1) is 24.6. The SMILES string of the molecule is COc1ccccc1[C@@H](C)NC(=O)COc1ccc(S(=O)(=O)N2CCCc3ccccc32)cc1C. The number of hydrogen-bond donors (Lipinski definition) is 1. The number of fused-ring (bicyclic) bond motifs is 1. The van der Waals surface area contributed by atoms with Crippen molar-refractivity contribution in [2.75, 3.05) is 24.6 Å². The summed E-state index contributed by atoms with van der Waals surface area (Å²) in [5, 5.41) is 2.90. The molecule has 1 atom stereocenters. The molecule has 1 aliphatic heterocycles. The molecule has 1 amide bonds. The minimum Gasteiger partial charge on any atom is -0.496 e. The summed E-state index contributed by atoms with van der Waals surface area (Å²) in [6, 6.07) is 19.6. The Morgan fingerprint density at radius 3 is 2.57 bits per heavy atom. The van der Waals surface area contributed by atoms with Crippen LogP contribution < -0.4 is 19.1 Å². The Labute approximate surface area is 206 Å². The van der Waals surface area contributed by atoms with Gasteiger partial charge in [0.1, 0.15) is 11.5 Å². The van der Waals surface area contributed by atoms with E-state index in [-0.39, 0.29) is 23.5 Å². The van der Waals surface area contributed by atoms with Crippen LogP contribution in [0, 0.1) is 6.92 Å². The molecule has 1 aliphatic rings. The fourth-order valence-electron chi connectivity index (χ4n) is 4.35. The number of amides is 1. The Morgan fingerprint density at radius 2 is 1.80 bits per heavy atom. The van der Waals surface area contributed by atoms with Crippen molar-refractivity contribution in [2.45, 2.75) is 37.6 Å². The summed E-state index contributed by atoms with van der Waals surface area (Å²) >= 11 is 0. The van der Waals surface area contributed by atoms with Gasteiger partial charge in [0.25, 0.3) is 15.9 Å². The Hall–Kier alpha value is -3.52. The van der Waals surface area contributed by atoms with E-state index in [0.717, 1.165) is 29.7 Å². The van der Waals surface area contributed by atoms with Crippen LogP contribution in [0.1, 0.15) is 36.1 Å². The molecule has 4 rings (SSSR count). The smallest absolute Gasteiger partial charge is 0.264 e. The van der Waals surface area contributed by atoms with Gasteiger partial charge in [-0.2, -0.15) is 0 Å². The molecule has 1 heterocycles. The van der Waals surface area contributed by atoms with Crippen molar-refractivity contribution in [1.82, 2.24) is 5.32 Å². The molecule has 0 spiro atoms. The van der Waals surface area contributed by atoms with E-state index in [2.05, 4.69) is 5.32 Å². The number of sulfonamides is 1. The summed E-state index contributed by atoms with van der Waals surface area (Å²) < 4.78 is 39.3. The zero-order valence-corrected chi connectivity index (χ0v) is 21.0. The monoisotopic (exact) mass is 494 g/mol. The zero-order valence-electron chi connectivity index (χ0n) is 20.2. The largest absolute Gasteiger partial charge is 0.496 e. The van der Waals surface area contributed by atoms with Crippen LogP contribution in [0.15, 0.2) is 71.6 Å². The van der Waals surface area contributed by atoms with E-state index in [4.69, 9.17) is 9.47 Å². The van der Waals surface area contributed by atoms with E-state index in [1.165, 1.54) is 10.4 Å². The van der Waals surface area contributed by atoms with Crippen molar-refractivity contribution >= 4 is 21.6 Å². The summed E-state index contributed by atoms with van der Waals surface area (Å²) in [5.41, 5.74) is 3.28. The second-order valence-corrected chi connectivity index (χ2v) is 10.4. The maximum Gasteiger partial charge on any atom is 0.264 e. The normalized spacial score (nSPS) is 14.1. The Bertz CT molecular complexity index is 1320. The molecule has 0 saturated heterocycles. The zero-order chi connectivity index (χ0) is 25.0. The summed E-state index contributed by atoms with van der Waals surface area (Å²) in [5.74, 6) is 0.873. The maximum absolute atomic E-state index is 13.4. The molecule has 0 radical (unpaired) electrons. The third-order valence-corrected chi connectivity index (χ3v) is 7.95. The quantitative estimate of drug-likeness (QED) is 0.502. The highest BCUT2D eigenvalue weighted by Gasteiger charge is 2.29. The van der Waals surface area contributed by atoms with E-state index in [1.54, 1.807) is 26.2 Å². The highest BCUT2D eigenvalue weighted by atomic mass is 32.2. The van der Waals surface area contributed by atoms with Gasteiger partial charge in [-0.05, 0) is 68.1 Å². The van der Waals surface area contributed by atoms with Gasteiger partial charge in [-0.1, -0.05) is 36.4 Å². The van der Waals surface area contributed by atoms with Crippen molar-refractivity contribution in [3.8, 4) is 11.5 Å². The molecule has 184 valence electrons. The molecule has 0 bridgehead atoms. The summed E-state index contributed by atoms with van der Waals surface area (Å²) in [7, 11) is -2.12. The molecule has 8 heteroatoms. The van der Waals surface area contributed by atoms with Crippen molar-refractivity contribution in [3.05, 3.63) is 83.4 Å². The predicted molar refractivity (Wildman–Crippen MR) is 136 cm³/mol. The molecule has 1 N–H and O–H groups in total. The number of rotatable bonds is 8. The number of carbonyl (C=O) groups is 1. The van der Waals surface area contributed by atoms with E-state index in [0.29, 0.717) is 23.6 Å². The Kier molecular flexibility index (Phi) is 7.31. The highest BCUT2D eigenvalue weighted by molar-refractivity contribution is 7.92. The van der Waals surface area contributed by atoms with Gasteiger partial charge in [0.05, 0.1) is 23.7 Å². The van der Waals surface area contributed by atoms with Gasteiger partial charge in [-0.25, -0.2) is 8.42 Å². The van der Waals surface area contributed by atoms with Crippen LogP contribution in [0.25, 0.3) is 0 Å². The lowest BCUT2D eigenvalue weighted by atomic mass is 10.0. The molecule has 0 unspecified atom stereocenters. The molecule has 0 aliphatic carbocycles. The van der Waals surface area contributed by atoms with Gasteiger partial charge in [0.2, 0.25) is 0 Å². The van der Waals surface area contributed by atoms with Crippen LogP contribution >= 0.6 is 0 Å². The first-order valence-electron chi connectivity index (χ1n) is 11.6. The molecule has 0 aromatic heterocycles. The lowest BCUT2D eigenvalue weighted by molar-refractivity contribution is -0.123. The van der Waals surface area contributed by atoms with Crippen molar-refractivity contribution < 1.29 is 22.7 Å². The van der Waals surface area contributed by atoms with E-state index < -0.39 is 10.0 Å². The minimum atomic E-state index is -3.71. The van der Waals surface area contributed by atoms with E-state index >= 15 is 0 Å². The number of aryl methyl sites for hydroxylation is 2. The minimum absolute atomic E-state index is 0.189. The Morgan fingerprint density at radius 1 is 1.06 bits per heavy atom. The molecule has 7 nitrogen and oxygen atoms in total. The fraction of sp³-hybridized carbons (Fsp3) is 0.296. The van der Waals surface area contributed by atoms with Crippen LogP contribution in [-0.2, 0) is 21.2 Å². The number of carbonyl (C=O) groups excluding carboxylic acids is 1. The van der Waals surface area contributed by atoms with Gasteiger partial charge in [0.15, 0.2) is 6.61 Å². The maximum atomic E-state index is 13.4. The highest BCUT2D eigenvalue weighted by Crippen LogP contribution is 2.33. The van der Waals surface area contributed by atoms with Crippen LogP contribution in [0.4, 0.5) is 5.69 Å². The second kappa shape index (κ2) is 10.4. The molecular formula is C27H30N2O5S. The number of benzene rings is 3. The number of ether oxygens (including phenoxy) is 2. The average Bonchev–Trinajstić information content (AvgIpc) is 2.87. The van der Waals surface area contributed by atoms with E-state index in [9.17, 15) is 13.2 Å². The molecule has 3 aromatic rings. The van der Waals surface area contributed by atoms with Gasteiger partial charge >= 0.3 is 0 Å². The standard InChI is InChI=1S/C27H30N2O5S/c1-19-17-22(35(31,32)29-16-8-10-21-9-4-6-12-24(21)29)14-15-25(19)34-18-27(30)28-20(2)23-11-5-7-13-26(23)33-3/h4-7,9,11-15,17,20H,8,10,16,18H2,1-3H3,(H,28,30)/t20-/m1/s1. The lowest BCUT2D eigenvalue weighted by Gasteiger charge is -2.30. The van der Waals surface area contributed by atoms with Gasteiger partial charge in [-0.3, -0.25) is 9.10 Å². The lowest BCUT2D eigenvalue weighted by Crippen LogP contribution is -2.35. The van der Waals surface area contributed by atoms with Crippen LogP contribution in [0.3, 0.4) is 0 Å². The van der Waals surface area contributed by atoms with Crippen LogP contribution in [0.5, 0.6) is 11.5 Å². The van der Waals surface area contributed by atoms with Gasteiger partial charge < -0.3 is 14.8 Å². The van der Waals surface area contributed by atoms with Gasteiger partial charge in [-0.15, -0.1) is 0 Å². The number of anilines is 1. The van der Waals surface area contributed by atoms with Crippen molar-refractivity contribution in [3.63, 3.8) is 0 Å². The third kappa shape index (κ3) is 5.27. The first-order valence-corrected chi connectivity index (χ1v) is 13.0. The topological polar surface area (TPSA) is 84.9 Å². The summed E-state index contributed by atoms with van der Waals surface area (Å²) in [6.45, 7) is 3.90. The van der Waals surface area contributed by atoms with E-state index in [1.807, 2.05) is 55.5 Å². The molecular weight excluding hydrogens is 464 g/mol. The number of methoxy groups -OCH3 is 1. The van der Waals surface area contributed by atoms with Crippen LogP contribution in [0.2, 0.25) is 0 Å². The fourth-order valence-corrected chi connectivity index (χ4v) is 5.98. The number of hydrogen-bond acceptors (Lipinski definition) is 5. The van der Waals surface area contributed by atoms with Crippen LogP contribution in [-0.4, -0.2) is 34.6 Å². The number of nitrogens with one attached hydrogen (secondary N) is 1. The predicted octanol–water partition coefficient (Wildman–Crippen LogP) is 4.40. The summed E-state index contributed by atoms with van der Waals surface area (Å²) in [4.78, 5) is 12.7. The average molecular weight is 495 g/mol. The summed E-state index contributed by atoms with van der Waals surface area (Å²) in [6.07, 6.45) is 1.64. The van der Waals surface area contributed by atoms with Crippen molar-refractivity contribution in [2.24, 2.45) is 0 Å². The third-order valence-electron chi connectivity index (χ3n) is 6.14. The first-order chi connectivity index (χ1) is 16.8.